The molecular weight excluding hydrogens is 222 g/mol. The molecule has 0 aliphatic heterocycles. The van der Waals surface area contributed by atoms with Crippen molar-refractivity contribution in [3.8, 4) is 0 Å². The third-order valence-electron chi connectivity index (χ3n) is 2.94. The van der Waals surface area contributed by atoms with Crippen LogP contribution < -0.4 is 10.9 Å². The predicted molar refractivity (Wildman–Crippen MR) is 60.6 cm³/mol. The van der Waals surface area contributed by atoms with Gasteiger partial charge in [0, 0.05) is 12.1 Å². The van der Waals surface area contributed by atoms with Gasteiger partial charge in [0.25, 0.3) is 11.5 Å². The number of nitrogens with one attached hydrogen (secondary N) is 2. The van der Waals surface area contributed by atoms with Crippen LogP contribution >= 0.6 is 0 Å². The SMILES string of the molecule is O=C(NC1CCC(O)CC1)c1ccc(=O)[nH]n1. The van der Waals surface area contributed by atoms with E-state index in [1.807, 2.05) is 0 Å². The van der Waals surface area contributed by atoms with Gasteiger partial charge in [0.2, 0.25) is 0 Å². The molecule has 1 aromatic rings. The van der Waals surface area contributed by atoms with Gasteiger partial charge >= 0.3 is 0 Å². The minimum atomic E-state index is -0.331. The number of aliphatic hydroxyl groups excluding tert-OH is 1. The fraction of sp³-hybridized carbons (Fsp3) is 0.545. The van der Waals surface area contributed by atoms with Gasteiger partial charge in [-0.15, -0.1) is 0 Å². The molecule has 0 atom stereocenters. The molecule has 6 heteroatoms. The molecule has 1 aliphatic rings. The Kier molecular flexibility index (Phi) is 3.53. The molecule has 0 bridgehead atoms. The summed E-state index contributed by atoms with van der Waals surface area (Å²) in [6, 6.07) is 2.75. The van der Waals surface area contributed by atoms with Gasteiger partial charge in [0.15, 0.2) is 0 Å². The van der Waals surface area contributed by atoms with E-state index in [2.05, 4.69) is 15.5 Å². The molecule has 0 unspecified atom stereocenters. The number of amides is 1. The van der Waals surface area contributed by atoms with Gasteiger partial charge in [-0.3, -0.25) is 9.59 Å². The van der Waals surface area contributed by atoms with Gasteiger partial charge < -0.3 is 10.4 Å². The lowest BCUT2D eigenvalue weighted by atomic mass is 9.93. The highest BCUT2D eigenvalue weighted by atomic mass is 16.3. The van der Waals surface area contributed by atoms with Crippen LogP contribution in [0.2, 0.25) is 0 Å². The molecule has 2 rings (SSSR count). The summed E-state index contributed by atoms with van der Waals surface area (Å²) in [7, 11) is 0. The van der Waals surface area contributed by atoms with Crippen LogP contribution in [-0.2, 0) is 0 Å². The van der Waals surface area contributed by atoms with Crippen LogP contribution in [0.3, 0.4) is 0 Å². The third kappa shape index (κ3) is 3.13. The summed E-state index contributed by atoms with van der Waals surface area (Å²) in [5.74, 6) is -0.289. The number of aromatic nitrogens is 2. The molecule has 1 fully saturated rings. The maximum absolute atomic E-state index is 11.7. The Bertz CT molecular complexity index is 429. The second kappa shape index (κ2) is 5.09. The average molecular weight is 237 g/mol. The molecule has 17 heavy (non-hydrogen) atoms. The van der Waals surface area contributed by atoms with Crippen molar-refractivity contribution in [2.24, 2.45) is 0 Å². The summed E-state index contributed by atoms with van der Waals surface area (Å²) < 4.78 is 0. The number of hydrogen-bond donors (Lipinski definition) is 3. The number of aliphatic hydroxyl groups is 1. The van der Waals surface area contributed by atoms with E-state index < -0.39 is 0 Å². The summed E-state index contributed by atoms with van der Waals surface area (Å²) >= 11 is 0. The van der Waals surface area contributed by atoms with Crippen LogP contribution in [0, 0.1) is 0 Å². The summed E-state index contributed by atoms with van der Waals surface area (Å²) in [5, 5.41) is 18.1. The first-order valence-corrected chi connectivity index (χ1v) is 5.70. The fourth-order valence-corrected chi connectivity index (χ4v) is 1.95. The topological polar surface area (TPSA) is 95.1 Å². The van der Waals surface area contributed by atoms with E-state index in [0.717, 1.165) is 12.8 Å². The van der Waals surface area contributed by atoms with Crippen molar-refractivity contribution < 1.29 is 9.90 Å². The second-order valence-electron chi connectivity index (χ2n) is 4.29. The monoisotopic (exact) mass is 237 g/mol. The zero-order valence-corrected chi connectivity index (χ0v) is 9.35. The number of carbonyl (C=O) groups is 1. The largest absolute Gasteiger partial charge is 0.393 e. The molecule has 0 saturated heterocycles. The van der Waals surface area contributed by atoms with Crippen LogP contribution in [0.1, 0.15) is 36.2 Å². The maximum Gasteiger partial charge on any atom is 0.271 e. The number of carbonyl (C=O) groups excluding carboxylic acids is 1. The van der Waals surface area contributed by atoms with E-state index in [0.29, 0.717) is 12.8 Å². The van der Waals surface area contributed by atoms with Gasteiger partial charge in [0.1, 0.15) is 5.69 Å². The zero-order valence-electron chi connectivity index (χ0n) is 9.35. The summed E-state index contributed by atoms with van der Waals surface area (Å²) in [5.41, 5.74) is -0.127. The van der Waals surface area contributed by atoms with Crippen molar-refractivity contribution in [3.05, 3.63) is 28.2 Å². The molecule has 6 nitrogen and oxygen atoms in total. The summed E-state index contributed by atoms with van der Waals surface area (Å²) in [4.78, 5) is 22.5. The van der Waals surface area contributed by atoms with E-state index >= 15 is 0 Å². The van der Waals surface area contributed by atoms with Crippen molar-refractivity contribution in [3.63, 3.8) is 0 Å². The molecular formula is C11H15N3O3. The molecule has 1 aliphatic carbocycles. The number of rotatable bonds is 2. The lowest BCUT2D eigenvalue weighted by Gasteiger charge is -2.25. The quantitative estimate of drug-likeness (QED) is 0.664. The van der Waals surface area contributed by atoms with E-state index in [9.17, 15) is 14.7 Å². The number of hydrogen-bond acceptors (Lipinski definition) is 4. The molecule has 1 aromatic heterocycles. The van der Waals surface area contributed by atoms with Crippen molar-refractivity contribution in [2.75, 3.05) is 0 Å². The normalized spacial score (nSPS) is 24.3. The van der Waals surface area contributed by atoms with Gasteiger partial charge in [-0.05, 0) is 31.7 Å². The third-order valence-corrected chi connectivity index (χ3v) is 2.94. The highest BCUT2D eigenvalue weighted by molar-refractivity contribution is 5.92. The molecule has 1 saturated carbocycles. The Morgan fingerprint density at radius 1 is 1.35 bits per heavy atom. The van der Waals surface area contributed by atoms with Gasteiger partial charge in [0.05, 0.1) is 6.10 Å². The first kappa shape index (κ1) is 11.8. The smallest absolute Gasteiger partial charge is 0.271 e. The summed E-state index contributed by atoms with van der Waals surface area (Å²) in [6.07, 6.45) is 2.73. The molecule has 1 heterocycles. The predicted octanol–water partition coefficient (Wildman–Crippen LogP) is -0.197. The van der Waals surface area contributed by atoms with Crippen molar-refractivity contribution in [1.29, 1.82) is 0 Å². The highest BCUT2D eigenvalue weighted by Gasteiger charge is 2.21. The standard InChI is InChI=1S/C11H15N3O3/c15-8-3-1-7(2-4-8)12-11(17)9-5-6-10(16)14-13-9/h5-8,15H,1-4H2,(H,12,17)(H,14,16). The van der Waals surface area contributed by atoms with Crippen molar-refractivity contribution in [1.82, 2.24) is 15.5 Å². The Balaban J connectivity index is 1.93. The summed E-state index contributed by atoms with van der Waals surface area (Å²) in [6.45, 7) is 0. The zero-order chi connectivity index (χ0) is 12.3. The van der Waals surface area contributed by atoms with E-state index in [1.54, 1.807) is 0 Å². The number of H-pyrrole nitrogens is 1. The Labute approximate surface area is 98.1 Å². The van der Waals surface area contributed by atoms with Crippen molar-refractivity contribution in [2.45, 2.75) is 37.8 Å². The Morgan fingerprint density at radius 3 is 2.65 bits per heavy atom. The van der Waals surface area contributed by atoms with Crippen LogP contribution in [0.5, 0.6) is 0 Å². The van der Waals surface area contributed by atoms with Crippen LogP contribution in [0.15, 0.2) is 16.9 Å². The second-order valence-corrected chi connectivity index (χ2v) is 4.29. The molecule has 0 radical (unpaired) electrons. The van der Waals surface area contributed by atoms with Crippen LogP contribution in [0.4, 0.5) is 0 Å². The average Bonchev–Trinajstić information content (AvgIpc) is 2.33. The fourth-order valence-electron chi connectivity index (χ4n) is 1.95. The molecule has 92 valence electrons. The van der Waals surface area contributed by atoms with E-state index in [4.69, 9.17) is 0 Å². The molecule has 3 N–H and O–H groups in total. The molecule has 0 aromatic carbocycles. The van der Waals surface area contributed by atoms with Gasteiger partial charge in [-0.1, -0.05) is 0 Å². The van der Waals surface area contributed by atoms with Crippen molar-refractivity contribution >= 4 is 5.91 Å². The first-order chi connectivity index (χ1) is 8.15. The number of aromatic amines is 1. The lowest BCUT2D eigenvalue weighted by molar-refractivity contribution is 0.0862. The van der Waals surface area contributed by atoms with Gasteiger partial charge in [-0.2, -0.15) is 5.10 Å². The highest BCUT2D eigenvalue weighted by Crippen LogP contribution is 2.18. The minimum Gasteiger partial charge on any atom is -0.393 e. The van der Waals surface area contributed by atoms with Crippen LogP contribution in [-0.4, -0.2) is 33.4 Å². The number of nitrogens with zero attached hydrogens (tertiary/aromatic N) is 1. The van der Waals surface area contributed by atoms with E-state index in [-0.39, 0.29) is 29.3 Å². The molecule has 1 amide bonds. The Morgan fingerprint density at radius 2 is 2.06 bits per heavy atom. The maximum atomic E-state index is 11.7. The van der Waals surface area contributed by atoms with E-state index in [1.165, 1.54) is 12.1 Å². The molecule has 0 spiro atoms. The van der Waals surface area contributed by atoms with Crippen LogP contribution in [0.25, 0.3) is 0 Å². The Hall–Kier alpha value is -1.69. The van der Waals surface area contributed by atoms with Gasteiger partial charge in [-0.25, -0.2) is 5.10 Å². The lowest BCUT2D eigenvalue weighted by Crippen LogP contribution is -2.39. The minimum absolute atomic E-state index is 0.0830. The first-order valence-electron chi connectivity index (χ1n) is 5.70.